The summed E-state index contributed by atoms with van der Waals surface area (Å²) in [5, 5.41) is 17.2. The molecule has 0 aliphatic rings. The van der Waals surface area contributed by atoms with Crippen LogP contribution in [0.4, 0.5) is 0 Å². The first-order valence-electron chi connectivity index (χ1n) is 7.68. The quantitative estimate of drug-likeness (QED) is 0.307. The predicted molar refractivity (Wildman–Crippen MR) is 75.6 cm³/mol. The van der Waals surface area contributed by atoms with Gasteiger partial charge in [-0.15, -0.1) is 0 Å². The second kappa shape index (κ2) is 13.8. The molecule has 0 amide bonds. The van der Waals surface area contributed by atoms with E-state index in [1.165, 1.54) is 44.9 Å². The fourth-order valence-electron chi connectivity index (χ4n) is 1.93. The molecule has 0 unspecified atom stereocenters. The Kier molecular flexibility index (Phi) is 13.4. The van der Waals surface area contributed by atoms with Gasteiger partial charge in [0.1, 0.15) is 0 Å². The Morgan fingerprint density at radius 1 is 0.947 bits per heavy atom. The number of ether oxygens (including phenoxy) is 1. The molecular formula is C15H30O4. The first-order chi connectivity index (χ1) is 9.16. The minimum absolute atomic E-state index is 0.0868. The zero-order chi connectivity index (χ0) is 14.3. The van der Waals surface area contributed by atoms with Crippen molar-refractivity contribution in [3.8, 4) is 0 Å². The van der Waals surface area contributed by atoms with Crippen LogP contribution >= 0.6 is 0 Å². The van der Waals surface area contributed by atoms with E-state index in [0.29, 0.717) is 6.42 Å². The Hall–Kier alpha value is -0.610. The van der Waals surface area contributed by atoms with Gasteiger partial charge in [0.05, 0.1) is 6.61 Å². The molecule has 4 nitrogen and oxygen atoms in total. The zero-order valence-corrected chi connectivity index (χ0v) is 12.3. The van der Waals surface area contributed by atoms with E-state index in [-0.39, 0.29) is 19.0 Å². The molecule has 0 atom stereocenters. The molecule has 2 N–H and O–H groups in total. The first-order valence-corrected chi connectivity index (χ1v) is 7.68. The topological polar surface area (TPSA) is 66.8 Å². The number of rotatable bonds is 13. The normalized spacial score (nSPS) is 10.9. The molecule has 0 saturated heterocycles. The maximum atomic E-state index is 11.2. The molecule has 0 spiro atoms. The van der Waals surface area contributed by atoms with Crippen molar-refractivity contribution in [2.24, 2.45) is 0 Å². The van der Waals surface area contributed by atoms with Crippen molar-refractivity contribution in [1.29, 1.82) is 0 Å². The highest BCUT2D eigenvalue weighted by molar-refractivity contribution is 5.69. The minimum atomic E-state index is -1.39. The third kappa shape index (κ3) is 15.3. The van der Waals surface area contributed by atoms with Gasteiger partial charge in [-0.3, -0.25) is 4.79 Å². The summed E-state index contributed by atoms with van der Waals surface area (Å²) >= 11 is 0. The van der Waals surface area contributed by atoms with Crippen molar-refractivity contribution in [3.63, 3.8) is 0 Å². The summed E-state index contributed by atoms with van der Waals surface area (Å²) in [5.41, 5.74) is 0. The molecule has 0 bridgehead atoms. The standard InChI is InChI=1S/C15H30O4/c1-2-3-4-5-6-7-8-9-10-11-15(18)19-13-12-14(16)17/h14,16-17H,2-13H2,1H3. The molecule has 0 heterocycles. The van der Waals surface area contributed by atoms with Gasteiger partial charge in [0.2, 0.25) is 0 Å². The maximum absolute atomic E-state index is 11.2. The minimum Gasteiger partial charge on any atom is -0.465 e. The summed E-state index contributed by atoms with van der Waals surface area (Å²) < 4.78 is 4.87. The van der Waals surface area contributed by atoms with Crippen molar-refractivity contribution >= 4 is 5.97 Å². The number of carbonyl (C=O) groups is 1. The van der Waals surface area contributed by atoms with Gasteiger partial charge < -0.3 is 14.9 Å². The highest BCUT2D eigenvalue weighted by atomic mass is 16.5. The van der Waals surface area contributed by atoms with E-state index in [0.717, 1.165) is 12.8 Å². The van der Waals surface area contributed by atoms with Crippen LogP contribution < -0.4 is 0 Å². The van der Waals surface area contributed by atoms with Crippen LogP contribution in [0.25, 0.3) is 0 Å². The Balaban J connectivity index is 3.14. The fourth-order valence-corrected chi connectivity index (χ4v) is 1.93. The molecule has 0 aliphatic carbocycles. The second-order valence-corrected chi connectivity index (χ2v) is 5.07. The van der Waals surface area contributed by atoms with E-state index in [1.54, 1.807) is 0 Å². The summed E-state index contributed by atoms with van der Waals surface area (Å²) in [4.78, 5) is 11.2. The third-order valence-electron chi connectivity index (χ3n) is 3.12. The first kappa shape index (κ1) is 18.4. The third-order valence-corrected chi connectivity index (χ3v) is 3.12. The van der Waals surface area contributed by atoms with E-state index in [4.69, 9.17) is 14.9 Å². The van der Waals surface area contributed by atoms with Crippen LogP contribution in [0.3, 0.4) is 0 Å². The van der Waals surface area contributed by atoms with E-state index < -0.39 is 6.29 Å². The summed E-state index contributed by atoms with van der Waals surface area (Å²) in [6, 6.07) is 0. The fraction of sp³-hybridized carbons (Fsp3) is 0.933. The summed E-state index contributed by atoms with van der Waals surface area (Å²) in [6.07, 6.45) is 10.1. The smallest absolute Gasteiger partial charge is 0.305 e. The summed E-state index contributed by atoms with van der Waals surface area (Å²) in [6.45, 7) is 2.31. The van der Waals surface area contributed by atoms with Crippen molar-refractivity contribution in [3.05, 3.63) is 0 Å². The Bertz CT molecular complexity index is 204. The average molecular weight is 274 g/mol. The van der Waals surface area contributed by atoms with Gasteiger partial charge in [0.25, 0.3) is 0 Å². The lowest BCUT2D eigenvalue weighted by atomic mass is 10.1. The number of hydrogen-bond donors (Lipinski definition) is 2. The molecule has 0 aromatic carbocycles. The highest BCUT2D eigenvalue weighted by Gasteiger charge is 2.04. The summed E-state index contributed by atoms with van der Waals surface area (Å²) in [7, 11) is 0. The lowest BCUT2D eigenvalue weighted by molar-refractivity contribution is -0.146. The lowest BCUT2D eigenvalue weighted by Gasteiger charge is -2.06. The Labute approximate surface area is 117 Å². The monoisotopic (exact) mass is 274 g/mol. The van der Waals surface area contributed by atoms with Gasteiger partial charge >= 0.3 is 5.97 Å². The van der Waals surface area contributed by atoms with Crippen LogP contribution in [-0.4, -0.2) is 29.1 Å². The maximum Gasteiger partial charge on any atom is 0.305 e. The number of aliphatic hydroxyl groups is 2. The van der Waals surface area contributed by atoms with E-state index in [2.05, 4.69) is 6.92 Å². The number of aliphatic hydroxyl groups excluding tert-OH is 1. The van der Waals surface area contributed by atoms with Crippen LogP contribution in [-0.2, 0) is 9.53 Å². The highest BCUT2D eigenvalue weighted by Crippen LogP contribution is 2.10. The molecule has 0 fully saturated rings. The van der Waals surface area contributed by atoms with Crippen molar-refractivity contribution < 1.29 is 19.7 Å². The second-order valence-electron chi connectivity index (χ2n) is 5.07. The average Bonchev–Trinajstić information content (AvgIpc) is 2.36. The van der Waals surface area contributed by atoms with Gasteiger partial charge in [-0.25, -0.2) is 0 Å². The van der Waals surface area contributed by atoms with Crippen molar-refractivity contribution in [1.82, 2.24) is 0 Å². The van der Waals surface area contributed by atoms with Crippen molar-refractivity contribution in [2.45, 2.75) is 83.8 Å². The van der Waals surface area contributed by atoms with Gasteiger partial charge in [0.15, 0.2) is 6.29 Å². The Morgan fingerprint density at radius 2 is 1.47 bits per heavy atom. The predicted octanol–water partition coefficient (Wildman–Crippen LogP) is 3.15. The zero-order valence-electron chi connectivity index (χ0n) is 12.3. The molecule has 114 valence electrons. The molecule has 0 aromatic rings. The van der Waals surface area contributed by atoms with Crippen LogP contribution in [0.1, 0.15) is 77.6 Å². The molecule has 0 radical (unpaired) electrons. The van der Waals surface area contributed by atoms with E-state index in [1.807, 2.05) is 0 Å². The van der Waals surface area contributed by atoms with Crippen LogP contribution in [0.2, 0.25) is 0 Å². The van der Waals surface area contributed by atoms with E-state index >= 15 is 0 Å². The van der Waals surface area contributed by atoms with Crippen LogP contribution in [0.15, 0.2) is 0 Å². The molecule has 19 heavy (non-hydrogen) atoms. The largest absolute Gasteiger partial charge is 0.465 e. The van der Waals surface area contributed by atoms with Crippen LogP contribution in [0, 0.1) is 0 Å². The van der Waals surface area contributed by atoms with Gasteiger partial charge in [-0.05, 0) is 6.42 Å². The number of unbranched alkanes of at least 4 members (excludes halogenated alkanes) is 8. The molecule has 4 heteroatoms. The lowest BCUT2D eigenvalue weighted by Crippen LogP contribution is -2.12. The van der Waals surface area contributed by atoms with E-state index in [9.17, 15) is 4.79 Å². The number of hydrogen-bond acceptors (Lipinski definition) is 4. The summed E-state index contributed by atoms with van der Waals surface area (Å²) in [5.74, 6) is -0.233. The Morgan fingerprint density at radius 3 is 2.00 bits per heavy atom. The molecular weight excluding hydrogens is 244 g/mol. The molecule has 0 saturated carbocycles. The SMILES string of the molecule is CCCCCCCCCCCC(=O)OCCC(O)O. The van der Waals surface area contributed by atoms with Gasteiger partial charge in [0, 0.05) is 12.8 Å². The van der Waals surface area contributed by atoms with Gasteiger partial charge in [-0.2, -0.15) is 0 Å². The van der Waals surface area contributed by atoms with Crippen LogP contribution in [0.5, 0.6) is 0 Å². The van der Waals surface area contributed by atoms with Gasteiger partial charge in [-0.1, -0.05) is 58.3 Å². The van der Waals surface area contributed by atoms with Crippen molar-refractivity contribution in [2.75, 3.05) is 6.61 Å². The number of esters is 1. The number of carbonyl (C=O) groups excluding carboxylic acids is 1. The molecule has 0 aromatic heterocycles. The molecule has 0 aliphatic heterocycles. The molecule has 0 rings (SSSR count).